The first-order chi connectivity index (χ1) is 9.51. The highest BCUT2D eigenvalue weighted by molar-refractivity contribution is 9.10. The van der Waals surface area contributed by atoms with Gasteiger partial charge in [0.15, 0.2) is 0 Å². The van der Waals surface area contributed by atoms with Crippen LogP contribution in [0.5, 0.6) is 5.75 Å². The second-order valence-electron chi connectivity index (χ2n) is 4.41. The molecule has 20 heavy (non-hydrogen) atoms. The molecule has 5 heteroatoms. The third kappa shape index (κ3) is 3.51. The van der Waals surface area contributed by atoms with E-state index < -0.39 is 5.82 Å². The minimum atomic E-state index is -0.470. The van der Waals surface area contributed by atoms with E-state index in [0.717, 1.165) is 10.0 Å². The molecule has 0 aliphatic heterocycles. The summed E-state index contributed by atoms with van der Waals surface area (Å²) < 4.78 is 19.9. The minimum Gasteiger partial charge on any atom is -0.488 e. The number of hydrogen-bond acceptors (Lipinski definition) is 2. The van der Waals surface area contributed by atoms with E-state index in [4.69, 9.17) is 16.3 Å². The Hall–Kier alpha value is -1.10. The van der Waals surface area contributed by atoms with Crippen LogP contribution in [-0.2, 0) is 13.2 Å². The zero-order valence-corrected chi connectivity index (χ0v) is 13.1. The number of benzene rings is 2. The second-order valence-corrected chi connectivity index (χ2v) is 5.73. The molecule has 0 bridgehead atoms. The van der Waals surface area contributed by atoms with Crippen LogP contribution in [-0.4, -0.2) is 5.11 Å². The predicted molar refractivity (Wildman–Crippen MR) is 80.5 cm³/mol. The number of aryl methyl sites for hydroxylation is 1. The Morgan fingerprint density at radius 2 is 2.05 bits per heavy atom. The van der Waals surface area contributed by atoms with Crippen molar-refractivity contribution in [1.82, 2.24) is 0 Å². The van der Waals surface area contributed by atoms with Gasteiger partial charge in [-0.15, -0.1) is 0 Å². The Labute approximate surface area is 130 Å². The van der Waals surface area contributed by atoms with E-state index in [9.17, 15) is 9.50 Å². The van der Waals surface area contributed by atoms with Crippen molar-refractivity contribution in [2.45, 2.75) is 20.1 Å². The number of rotatable bonds is 4. The maximum atomic E-state index is 13.3. The standard InChI is InChI=1S/C15H13BrClFO2/c1-9-4-12(16)6-11(7-19)15(9)20-8-10-2-3-13(17)14(18)5-10/h2-6,19H,7-8H2,1H3. The fourth-order valence-corrected chi connectivity index (χ4v) is 2.65. The summed E-state index contributed by atoms with van der Waals surface area (Å²) in [5.41, 5.74) is 2.27. The SMILES string of the molecule is Cc1cc(Br)cc(CO)c1OCc1ccc(Cl)c(F)c1. The third-order valence-electron chi connectivity index (χ3n) is 2.85. The average Bonchev–Trinajstić information content (AvgIpc) is 2.40. The Morgan fingerprint density at radius 1 is 1.30 bits per heavy atom. The third-order valence-corrected chi connectivity index (χ3v) is 3.62. The summed E-state index contributed by atoms with van der Waals surface area (Å²) in [6, 6.07) is 8.24. The molecule has 0 radical (unpaired) electrons. The van der Waals surface area contributed by atoms with Crippen molar-refractivity contribution in [1.29, 1.82) is 0 Å². The molecule has 0 heterocycles. The Kier molecular flexibility index (Phi) is 5.02. The molecule has 0 fully saturated rings. The van der Waals surface area contributed by atoms with Gasteiger partial charge in [0.2, 0.25) is 0 Å². The molecule has 106 valence electrons. The van der Waals surface area contributed by atoms with Crippen LogP contribution in [0, 0.1) is 12.7 Å². The molecular formula is C15H13BrClFO2. The van der Waals surface area contributed by atoms with Crippen LogP contribution in [0.1, 0.15) is 16.7 Å². The predicted octanol–water partition coefficient (Wildman–Crippen LogP) is 4.62. The molecule has 0 amide bonds. The molecule has 2 rings (SSSR count). The van der Waals surface area contributed by atoms with Crippen molar-refractivity contribution >= 4 is 27.5 Å². The van der Waals surface area contributed by atoms with E-state index in [1.807, 2.05) is 13.0 Å². The summed E-state index contributed by atoms with van der Waals surface area (Å²) in [7, 11) is 0. The van der Waals surface area contributed by atoms with E-state index in [2.05, 4.69) is 15.9 Å². The summed E-state index contributed by atoms with van der Waals surface area (Å²) in [5.74, 6) is 0.147. The molecule has 0 aliphatic carbocycles. The van der Waals surface area contributed by atoms with Gasteiger partial charge in [-0.3, -0.25) is 0 Å². The van der Waals surface area contributed by atoms with Gasteiger partial charge in [0.1, 0.15) is 18.2 Å². The van der Waals surface area contributed by atoms with Crippen LogP contribution in [0.4, 0.5) is 4.39 Å². The molecule has 0 aromatic heterocycles. The number of ether oxygens (including phenoxy) is 1. The molecule has 1 N–H and O–H groups in total. The fourth-order valence-electron chi connectivity index (χ4n) is 1.91. The topological polar surface area (TPSA) is 29.5 Å². The van der Waals surface area contributed by atoms with Gasteiger partial charge in [-0.1, -0.05) is 33.6 Å². The van der Waals surface area contributed by atoms with E-state index in [1.54, 1.807) is 12.1 Å². The Bertz CT molecular complexity index is 632. The molecular weight excluding hydrogens is 347 g/mol. The lowest BCUT2D eigenvalue weighted by molar-refractivity contribution is 0.257. The number of aliphatic hydroxyl groups excluding tert-OH is 1. The second kappa shape index (κ2) is 6.57. The van der Waals surface area contributed by atoms with Crippen molar-refractivity contribution in [3.05, 3.63) is 62.3 Å². The van der Waals surface area contributed by atoms with Gasteiger partial charge in [0, 0.05) is 10.0 Å². The summed E-state index contributed by atoms with van der Waals surface area (Å²) in [6.07, 6.45) is 0. The summed E-state index contributed by atoms with van der Waals surface area (Å²) in [6.45, 7) is 1.98. The zero-order chi connectivity index (χ0) is 14.7. The first-order valence-corrected chi connectivity index (χ1v) is 7.15. The van der Waals surface area contributed by atoms with Gasteiger partial charge in [-0.25, -0.2) is 4.39 Å². The summed E-state index contributed by atoms with van der Waals surface area (Å²) in [5, 5.41) is 9.45. The lowest BCUT2D eigenvalue weighted by Crippen LogP contribution is -2.01. The van der Waals surface area contributed by atoms with E-state index in [1.165, 1.54) is 12.1 Å². The van der Waals surface area contributed by atoms with Crippen molar-refractivity contribution < 1.29 is 14.2 Å². The van der Waals surface area contributed by atoms with Gasteiger partial charge in [-0.2, -0.15) is 0 Å². The van der Waals surface area contributed by atoms with Gasteiger partial charge in [0.05, 0.1) is 11.6 Å². The van der Waals surface area contributed by atoms with Crippen molar-refractivity contribution in [3.63, 3.8) is 0 Å². The van der Waals surface area contributed by atoms with Crippen molar-refractivity contribution in [2.75, 3.05) is 0 Å². The molecule has 0 saturated heterocycles. The highest BCUT2D eigenvalue weighted by atomic mass is 79.9. The van der Waals surface area contributed by atoms with E-state index in [0.29, 0.717) is 16.9 Å². The van der Waals surface area contributed by atoms with Crippen LogP contribution in [0.25, 0.3) is 0 Å². The van der Waals surface area contributed by atoms with E-state index >= 15 is 0 Å². The molecule has 2 aromatic carbocycles. The monoisotopic (exact) mass is 358 g/mol. The first-order valence-electron chi connectivity index (χ1n) is 5.98. The molecule has 0 aliphatic rings. The fraction of sp³-hybridized carbons (Fsp3) is 0.200. The van der Waals surface area contributed by atoms with Gasteiger partial charge < -0.3 is 9.84 Å². The molecule has 0 spiro atoms. The maximum absolute atomic E-state index is 13.3. The quantitative estimate of drug-likeness (QED) is 0.863. The van der Waals surface area contributed by atoms with Gasteiger partial charge >= 0.3 is 0 Å². The molecule has 2 aromatic rings. The molecule has 2 nitrogen and oxygen atoms in total. The Balaban J connectivity index is 2.20. The van der Waals surface area contributed by atoms with E-state index in [-0.39, 0.29) is 18.2 Å². The smallest absolute Gasteiger partial charge is 0.142 e. The van der Waals surface area contributed by atoms with Gasteiger partial charge in [0.25, 0.3) is 0 Å². The minimum absolute atomic E-state index is 0.0876. The van der Waals surface area contributed by atoms with Crippen molar-refractivity contribution in [3.8, 4) is 5.75 Å². The van der Waals surface area contributed by atoms with Crippen LogP contribution in [0.3, 0.4) is 0 Å². The molecule has 0 unspecified atom stereocenters. The molecule has 0 saturated carbocycles. The molecule has 0 atom stereocenters. The van der Waals surface area contributed by atoms with Crippen molar-refractivity contribution in [2.24, 2.45) is 0 Å². The summed E-state index contributed by atoms with van der Waals surface area (Å²) >= 11 is 9.00. The lowest BCUT2D eigenvalue weighted by atomic mass is 10.1. The average molecular weight is 360 g/mol. The van der Waals surface area contributed by atoms with Gasteiger partial charge in [-0.05, 0) is 42.3 Å². The summed E-state index contributed by atoms with van der Waals surface area (Å²) in [4.78, 5) is 0. The zero-order valence-electron chi connectivity index (χ0n) is 10.8. The highest BCUT2D eigenvalue weighted by Gasteiger charge is 2.09. The Morgan fingerprint density at radius 3 is 2.70 bits per heavy atom. The normalized spacial score (nSPS) is 10.7. The number of hydrogen-bond donors (Lipinski definition) is 1. The van der Waals surface area contributed by atoms with Crippen LogP contribution in [0.2, 0.25) is 5.02 Å². The highest BCUT2D eigenvalue weighted by Crippen LogP contribution is 2.29. The largest absolute Gasteiger partial charge is 0.488 e. The maximum Gasteiger partial charge on any atom is 0.142 e. The first kappa shape index (κ1) is 15.3. The van der Waals surface area contributed by atoms with Crippen LogP contribution in [0.15, 0.2) is 34.8 Å². The van der Waals surface area contributed by atoms with Crippen LogP contribution >= 0.6 is 27.5 Å². The van der Waals surface area contributed by atoms with Crippen LogP contribution < -0.4 is 4.74 Å². The lowest BCUT2D eigenvalue weighted by Gasteiger charge is -2.14. The number of aliphatic hydroxyl groups is 1. The number of halogens is 3.